The SMILES string of the molecule is CN=C(N)CC1CCCCO1. The molecule has 0 spiro atoms. The summed E-state index contributed by atoms with van der Waals surface area (Å²) < 4.78 is 5.49. The maximum atomic E-state index is 5.57. The smallest absolute Gasteiger partial charge is 0.0959 e. The maximum absolute atomic E-state index is 5.57. The number of amidine groups is 1. The monoisotopic (exact) mass is 156 g/mol. The van der Waals surface area contributed by atoms with Gasteiger partial charge in [0.25, 0.3) is 0 Å². The zero-order valence-electron chi connectivity index (χ0n) is 7.05. The van der Waals surface area contributed by atoms with Gasteiger partial charge < -0.3 is 10.5 Å². The third-order valence-corrected chi connectivity index (χ3v) is 2.00. The quantitative estimate of drug-likeness (QED) is 0.477. The van der Waals surface area contributed by atoms with Crippen molar-refractivity contribution in [3.63, 3.8) is 0 Å². The van der Waals surface area contributed by atoms with E-state index in [9.17, 15) is 0 Å². The summed E-state index contributed by atoms with van der Waals surface area (Å²) in [5, 5.41) is 0. The summed E-state index contributed by atoms with van der Waals surface area (Å²) in [5.41, 5.74) is 5.57. The Labute approximate surface area is 67.6 Å². The highest BCUT2D eigenvalue weighted by Crippen LogP contribution is 2.14. The van der Waals surface area contributed by atoms with E-state index in [0.29, 0.717) is 11.9 Å². The van der Waals surface area contributed by atoms with Gasteiger partial charge in [0.15, 0.2) is 0 Å². The van der Waals surface area contributed by atoms with Crippen LogP contribution in [0.4, 0.5) is 0 Å². The third-order valence-electron chi connectivity index (χ3n) is 2.00. The van der Waals surface area contributed by atoms with Crippen molar-refractivity contribution in [3.8, 4) is 0 Å². The van der Waals surface area contributed by atoms with Crippen LogP contribution in [0.3, 0.4) is 0 Å². The number of nitrogens with two attached hydrogens (primary N) is 1. The summed E-state index contributed by atoms with van der Waals surface area (Å²) >= 11 is 0. The molecule has 11 heavy (non-hydrogen) atoms. The van der Waals surface area contributed by atoms with Crippen LogP contribution in [0.15, 0.2) is 4.99 Å². The Hall–Kier alpha value is -0.570. The number of nitrogens with zero attached hydrogens (tertiary/aromatic N) is 1. The molecule has 1 aliphatic heterocycles. The van der Waals surface area contributed by atoms with Crippen LogP contribution in [0.2, 0.25) is 0 Å². The van der Waals surface area contributed by atoms with Crippen LogP contribution >= 0.6 is 0 Å². The minimum Gasteiger partial charge on any atom is -0.387 e. The van der Waals surface area contributed by atoms with Gasteiger partial charge in [0.2, 0.25) is 0 Å². The first-order valence-corrected chi connectivity index (χ1v) is 4.15. The highest BCUT2D eigenvalue weighted by Gasteiger charge is 2.14. The molecule has 0 bridgehead atoms. The van der Waals surface area contributed by atoms with Gasteiger partial charge in [0.05, 0.1) is 11.9 Å². The lowest BCUT2D eigenvalue weighted by Gasteiger charge is -2.21. The van der Waals surface area contributed by atoms with E-state index in [1.165, 1.54) is 12.8 Å². The summed E-state index contributed by atoms with van der Waals surface area (Å²) in [4.78, 5) is 3.90. The average Bonchev–Trinajstić information content (AvgIpc) is 2.06. The van der Waals surface area contributed by atoms with Crippen LogP contribution in [0, 0.1) is 0 Å². The van der Waals surface area contributed by atoms with Gasteiger partial charge in [-0.3, -0.25) is 4.99 Å². The van der Waals surface area contributed by atoms with Crippen molar-refractivity contribution < 1.29 is 4.74 Å². The van der Waals surface area contributed by atoms with Crippen LogP contribution in [-0.4, -0.2) is 25.6 Å². The number of ether oxygens (including phenoxy) is 1. The van der Waals surface area contributed by atoms with Crippen molar-refractivity contribution >= 4 is 5.84 Å². The highest BCUT2D eigenvalue weighted by atomic mass is 16.5. The van der Waals surface area contributed by atoms with Gasteiger partial charge in [-0.25, -0.2) is 0 Å². The standard InChI is InChI=1S/C8H16N2O/c1-10-8(9)6-7-4-2-3-5-11-7/h7H,2-6H2,1H3,(H2,9,10). The summed E-state index contributed by atoms with van der Waals surface area (Å²) in [7, 11) is 1.72. The lowest BCUT2D eigenvalue weighted by Crippen LogP contribution is -2.26. The fourth-order valence-electron chi connectivity index (χ4n) is 1.29. The van der Waals surface area contributed by atoms with Crippen molar-refractivity contribution in [2.45, 2.75) is 31.8 Å². The molecule has 0 aromatic carbocycles. The topological polar surface area (TPSA) is 47.6 Å². The average molecular weight is 156 g/mol. The second-order valence-corrected chi connectivity index (χ2v) is 2.91. The zero-order chi connectivity index (χ0) is 8.10. The van der Waals surface area contributed by atoms with Gasteiger partial charge in [0.1, 0.15) is 0 Å². The van der Waals surface area contributed by atoms with Crippen LogP contribution in [0.25, 0.3) is 0 Å². The van der Waals surface area contributed by atoms with E-state index in [-0.39, 0.29) is 0 Å². The minimum atomic E-state index is 0.326. The summed E-state index contributed by atoms with van der Waals surface area (Å²) in [6, 6.07) is 0. The van der Waals surface area contributed by atoms with E-state index in [1.807, 2.05) is 0 Å². The van der Waals surface area contributed by atoms with Crippen LogP contribution in [-0.2, 0) is 4.74 Å². The first kappa shape index (κ1) is 8.53. The second-order valence-electron chi connectivity index (χ2n) is 2.91. The predicted octanol–water partition coefficient (Wildman–Crippen LogP) is 0.933. The molecule has 0 aromatic heterocycles. The molecule has 1 fully saturated rings. The first-order valence-electron chi connectivity index (χ1n) is 4.15. The fraction of sp³-hybridized carbons (Fsp3) is 0.875. The van der Waals surface area contributed by atoms with E-state index < -0.39 is 0 Å². The van der Waals surface area contributed by atoms with E-state index >= 15 is 0 Å². The van der Waals surface area contributed by atoms with Crippen LogP contribution in [0.5, 0.6) is 0 Å². The molecule has 2 N–H and O–H groups in total. The molecule has 1 rings (SSSR count). The summed E-state index contributed by atoms with van der Waals surface area (Å²) in [6.07, 6.45) is 4.72. The zero-order valence-corrected chi connectivity index (χ0v) is 7.05. The van der Waals surface area contributed by atoms with E-state index in [0.717, 1.165) is 19.4 Å². The summed E-state index contributed by atoms with van der Waals surface area (Å²) in [5.74, 6) is 0.705. The molecule has 1 aliphatic rings. The minimum absolute atomic E-state index is 0.326. The van der Waals surface area contributed by atoms with E-state index in [2.05, 4.69) is 4.99 Å². The number of hydrogen-bond donors (Lipinski definition) is 1. The van der Waals surface area contributed by atoms with Crippen LogP contribution < -0.4 is 5.73 Å². The lowest BCUT2D eigenvalue weighted by molar-refractivity contribution is 0.0209. The molecule has 0 aliphatic carbocycles. The molecule has 0 amide bonds. The first-order chi connectivity index (χ1) is 5.33. The van der Waals surface area contributed by atoms with Crippen molar-refractivity contribution in [3.05, 3.63) is 0 Å². The number of hydrogen-bond acceptors (Lipinski definition) is 2. The predicted molar refractivity (Wildman–Crippen MR) is 45.8 cm³/mol. The Morgan fingerprint density at radius 2 is 2.45 bits per heavy atom. The van der Waals surface area contributed by atoms with Crippen molar-refractivity contribution in [2.24, 2.45) is 10.7 Å². The molecule has 1 unspecified atom stereocenters. The normalized spacial score (nSPS) is 27.0. The molecule has 1 saturated heterocycles. The van der Waals surface area contributed by atoms with Crippen molar-refractivity contribution in [2.75, 3.05) is 13.7 Å². The van der Waals surface area contributed by atoms with Gasteiger partial charge >= 0.3 is 0 Å². The number of rotatable bonds is 2. The molecule has 1 atom stereocenters. The van der Waals surface area contributed by atoms with Gasteiger partial charge in [-0.1, -0.05) is 0 Å². The lowest BCUT2D eigenvalue weighted by atomic mass is 10.1. The van der Waals surface area contributed by atoms with E-state index in [4.69, 9.17) is 10.5 Å². The Kier molecular flexibility index (Phi) is 3.36. The second kappa shape index (κ2) is 4.34. The molecule has 0 radical (unpaired) electrons. The summed E-state index contributed by atoms with van der Waals surface area (Å²) in [6.45, 7) is 0.891. The van der Waals surface area contributed by atoms with E-state index in [1.54, 1.807) is 7.05 Å². The largest absolute Gasteiger partial charge is 0.387 e. The fourth-order valence-corrected chi connectivity index (χ4v) is 1.29. The molecule has 1 heterocycles. The van der Waals surface area contributed by atoms with Crippen LogP contribution in [0.1, 0.15) is 25.7 Å². The molecule has 3 heteroatoms. The molecular weight excluding hydrogens is 140 g/mol. The van der Waals surface area contributed by atoms with Gasteiger partial charge in [-0.05, 0) is 19.3 Å². The molecular formula is C8H16N2O. The number of aliphatic imine (C=N–C) groups is 1. The third kappa shape index (κ3) is 2.89. The van der Waals surface area contributed by atoms with Crippen molar-refractivity contribution in [1.29, 1.82) is 0 Å². The van der Waals surface area contributed by atoms with Crippen molar-refractivity contribution in [1.82, 2.24) is 0 Å². The maximum Gasteiger partial charge on any atom is 0.0959 e. The molecule has 3 nitrogen and oxygen atoms in total. The Bertz CT molecular complexity index is 139. The molecule has 0 aromatic rings. The Balaban J connectivity index is 2.24. The molecule has 0 saturated carbocycles. The Morgan fingerprint density at radius 1 is 1.64 bits per heavy atom. The van der Waals surface area contributed by atoms with Gasteiger partial charge in [-0.15, -0.1) is 0 Å². The molecule has 64 valence electrons. The Morgan fingerprint density at radius 3 is 3.00 bits per heavy atom. The highest BCUT2D eigenvalue weighted by molar-refractivity contribution is 5.80. The van der Waals surface area contributed by atoms with Gasteiger partial charge in [-0.2, -0.15) is 0 Å². The van der Waals surface area contributed by atoms with Gasteiger partial charge in [0, 0.05) is 20.1 Å².